The first-order chi connectivity index (χ1) is 11.0. The monoisotopic (exact) mass is 324 g/mol. The second-order valence-electron chi connectivity index (χ2n) is 4.84. The van der Waals surface area contributed by atoms with Gasteiger partial charge in [-0.25, -0.2) is 0 Å². The smallest absolute Gasteiger partial charge is 0.240 e. The van der Waals surface area contributed by atoms with Gasteiger partial charge in [0.25, 0.3) is 0 Å². The fraction of sp³-hybridized carbons (Fsp3) is 0.500. The minimum absolute atomic E-state index is 0.0784. The summed E-state index contributed by atoms with van der Waals surface area (Å²) in [6.45, 7) is 2.40. The second-order valence-corrected chi connectivity index (χ2v) is 4.84. The molecule has 0 aliphatic rings. The third-order valence-electron chi connectivity index (χ3n) is 3.21. The van der Waals surface area contributed by atoms with Crippen molar-refractivity contribution in [3.8, 4) is 11.5 Å². The maximum absolute atomic E-state index is 12.0. The fourth-order valence-corrected chi connectivity index (χ4v) is 2.02. The molecule has 128 valence electrons. The number of carbonyl (C=O) groups excluding carboxylic acids is 2. The van der Waals surface area contributed by atoms with Gasteiger partial charge in [0.2, 0.25) is 11.8 Å². The summed E-state index contributed by atoms with van der Waals surface area (Å²) in [4.78, 5) is 25.3. The van der Waals surface area contributed by atoms with Crippen LogP contribution < -0.4 is 19.7 Å². The Labute approximate surface area is 136 Å². The number of hydrogen-bond donors (Lipinski definition) is 1. The summed E-state index contributed by atoms with van der Waals surface area (Å²) in [5, 5.41) is 2.75. The predicted octanol–water partition coefficient (Wildman–Crippen LogP) is 1.21. The van der Waals surface area contributed by atoms with Gasteiger partial charge in [-0.05, 0) is 18.6 Å². The van der Waals surface area contributed by atoms with Crippen LogP contribution in [0.15, 0.2) is 18.2 Å². The highest BCUT2D eigenvalue weighted by molar-refractivity contribution is 5.98. The summed E-state index contributed by atoms with van der Waals surface area (Å²) in [7, 11) is 4.65. The third kappa shape index (κ3) is 5.78. The van der Waals surface area contributed by atoms with Gasteiger partial charge in [0.1, 0.15) is 18.0 Å². The van der Waals surface area contributed by atoms with E-state index in [-0.39, 0.29) is 18.4 Å². The summed E-state index contributed by atoms with van der Waals surface area (Å²) in [6.07, 6.45) is 0.716. The van der Waals surface area contributed by atoms with E-state index in [2.05, 4.69) is 5.32 Å². The van der Waals surface area contributed by atoms with E-state index in [4.69, 9.17) is 14.2 Å². The lowest BCUT2D eigenvalue weighted by molar-refractivity contribution is -0.123. The molecule has 1 rings (SSSR count). The van der Waals surface area contributed by atoms with Crippen molar-refractivity contribution in [2.75, 3.05) is 45.9 Å². The van der Waals surface area contributed by atoms with Gasteiger partial charge >= 0.3 is 0 Å². The van der Waals surface area contributed by atoms with E-state index in [0.717, 1.165) is 0 Å². The molecule has 1 aromatic carbocycles. The molecular weight excluding hydrogens is 300 g/mol. The minimum atomic E-state index is -0.250. The van der Waals surface area contributed by atoms with Crippen molar-refractivity contribution >= 4 is 17.5 Å². The molecule has 1 N–H and O–H groups in total. The standard InChI is InChI=1S/C16H24N2O5/c1-12(19)18(11-16(20)17-8-5-9-21-2)14-7-6-13(22-3)10-15(14)23-4/h6-7,10H,5,8-9,11H2,1-4H3,(H,17,20). The first-order valence-corrected chi connectivity index (χ1v) is 7.29. The molecular formula is C16H24N2O5. The van der Waals surface area contributed by atoms with Gasteiger partial charge in [-0.3, -0.25) is 14.5 Å². The van der Waals surface area contributed by atoms with Crippen LogP contribution in [0.5, 0.6) is 11.5 Å². The fourth-order valence-electron chi connectivity index (χ4n) is 2.02. The van der Waals surface area contributed by atoms with Crippen LogP contribution in [0.4, 0.5) is 5.69 Å². The lowest BCUT2D eigenvalue weighted by Gasteiger charge is -2.23. The van der Waals surface area contributed by atoms with Crippen molar-refractivity contribution in [3.05, 3.63) is 18.2 Å². The molecule has 0 saturated heterocycles. The first-order valence-electron chi connectivity index (χ1n) is 7.29. The average Bonchev–Trinajstić information content (AvgIpc) is 2.55. The SMILES string of the molecule is COCCCNC(=O)CN(C(C)=O)c1ccc(OC)cc1OC. The van der Waals surface area contributed by atoms with E-state index < -0.39 is 0 Å². The van der Waals surface area contributed by atoms with Gasteiger partial charge in [0, 0.05) is 33.3 Å². The van der Waals surface area contributed by atoms with Crippen molar-refractivity contribution < 1.29 is 23.8 Å². The van der Waals surface area contributed by atoms with Crippen molar-refractivity contribution in [1.82, 2.24) is 5.32 Å². The van der Waals surface area contributed by atoms with E-state index in [1.807, 2.05) is 0 Å². The van der Waals surface area contributed by atoms with Crippen molar-refractivity contribution in [2.45, 2.75) is 13.3 Å². The Morgan fingerprint density at radius 3 is 2.48 bits per heavy atom. The van der Waals surface area contributed by atoms with Crippen LogP contribution >= 0.6 is 0 Å². The number of benzene rings is 1. The maximum atomic E-state index is 12.0. The molecule has 0 bridgehead atoms. The normalized spacial score (nSPS) is 10.1. The molecule has 1 aromatic rings. The molecule has 0 heterocycles. The molecule has 2 amide bonds. The number of nitrogens with zero attached hydrogens (tertiary/aromatic N) is 1. The Bertz CT molecular complexity index is 533. The largest absolute Gasteiger partial charge is 0.497 e. The lowest BCUT2D eigenvalue weighted by atomic mass is 10.2. The van der Waals surface area contributed by atoms with Gasteiger partial charge in [-0.15, -0.1) is 0 Å². The molecule has 0 saturated carbocycles. The number of carbonyl (C=O) groups is 2. The number of methoxy groups -OCH3 is 3. The van der Waals surface area contributed by atoms with Crippen molar-refractivity contribution in [3.63, 3.8) is 0 Å². The maximum Gasteiger partial charge on any atom is 0.240 e. The lowest BCUT2D eigenvalue weighted by Crippen LogP contribution is -2.40. The summed E-state index contributed by atoms with van der Waals surface area (Å²) in [6, 6.07) is 5.07. The number of rotatable bonds is 9. The zero-order valence-electron chi connectivity index (χ0n) is 14.0. The van der Waals surface area contributed by atoms with Crippen LogP contribution in [0.2, 0.25) is 0 Å². The van der Waals surface area contributed by atoms with Crippen molar-refractivity contribution in [1.29, 1.82) is 0 Å². The topological polar surface area (TPSA) is 77.1 Å². The molecule has 0 aliphatic carbocycles. The summed E-state index contributed by atoms with van der Waals surface area (Å²) in [5.41, 5.74) is 0.521. The molecule has 0 unspecified atom stereocenters. The van der Waals surface area contributed by atoms with Gasteiger partial charge in [-0.2, -0.15) is 0 Å². The summed E-state index contributed by atoms with van der Waals surface area (Å²) < 4.78 is 15.3. The predicted molar refractivity (Wildman–Crippen MR) is 87.1 cm³/mol. The number of anilines is 1. The molecule has 0 atom stereocenters. The van der Waals surface area contributed by atoms with Crippen LogP contribution in [0.25, 0.3) is 0 Å². The average molecular weight is 324 g/mol. The van der Waals surface area contributed by atoms with Crippen LogP contribution in [-0.2, 0) is 14.3 Å². The highest BCUT2D eigenvalue weighted by atomic mass is 16.5. The molecule has 7 nitrogen and oxygen atoms in total. The van der Waals surface area contributed by atoms with Crippen LogP contribution in [0, 0.1) is 0 Å². The van der Waals surface area contributed by atoms with Gasteiger partial charge < -0.3 is 19.5 Å². The molecule has 0 spiro atoms. The van der Waals surface area contributed by atoms with Gasteiger partial charge in [0.05, 0.1) is 19.9 Å². The molecule has 0 radical (unpaired) electrons. The van der Waals surface area contributed by atoms with Crippen molar-refractivity contribution in [2.24, 2.45) is 0 Å². The molecule has 7 heteroatoms. The molecule has 23 heavy (non-hydrogen) atoms. The molecule has 0 aromatic heterocycles. The minimum Gasteiger partial charge on any atom is -0.497 e. The van der Waals surface area contributed by atoms with E-state index >= 15 is 0 Å². The van der Waals surface area contributed by atoms with E-state index in [0.29, 0.717) is 36.8 Å². The summed E-state index contributed by atoms with van der Waals surface area (Å²) >= 11 is 0. The molecule has 0 fully saturated rings. The first kappa shape index (κ1) is 18.8. The van der Waals surface area contributed by atoms with Gasteiger partial charge in [0.15, 0.2) is 0 Å². The van der Waals surface area contributed by atoms with Gasteiger partial charge in [-0.1, -0.05) is 0 Å². The Kier molecular flexibility index (Phi) is 7.90. The Balaban J connectivity index is 2.82. The van der Waals surface area contributed by atoms with E-state index in [9.17, 15) is 9.59 Å². The Morgan fingerprint density at radius 2 is 1.91 bits per heavy atom. The highest BCUT2D eigenvalue weighted by Gasteiger charge is 2.19. The number of nitrogens with one attached hydrogen (secondary N) is 1. The Hall–Kier alpha value is -2.28. The van der Waals surface area contributed by atoms with E-state index in [1.165, 1.54) is 18.9 Å². The van der Waals surface area contributed by atoms with Crippen LogP contribution in [0.1, 0.15) is 13.3 Å². The summed E-state index contributed by atoms with van der Waals surface area (Å²) in [5.74, 6) is 0.583. The zero-order valence-corrected chi connectivity index (χ0v) is 14.0. The number of ether oxygens (including phenoxy) is 3. The number of hydrogen-bond acceptors (Lipinski definition) is 5. The van der Waals surface area contributed by atoms with Crippen LogP contribution in [0.3, 0.4) is 0 Å². The number of amides is 2. The third-order valence-corrected chi connectivity index (χ3v) is 3.21. The second kappa shape index (κ2) is 9.68. The van der Waals surface area contributed by atoms with Crippen LogP contribution in [-0.4, -0.2) is 52.8 Å². The van der Waals surface area contributed by atoms with E-state index in [1.54, 1.807) is 32.4 Å². The zero-order chi connectivity index (χ0) is 17.2. The quantitative estimate of drug-likeness (QED) is 0.691. The molecule has 0 aliphatic heterocycles. The highest BCUT2D eigenvalue weighted by Crippen LogP contribution is 2.32. The Morgan fingerprint density at radius 1 is 1.17 bits per heavy atom.